The van der Waals surface area contributed by atoms with Crippen molar-refractivity contribution in [3.8, 4) is 10.6 Å². The van der Waals surface area contributed by atoms with Gasteiger partial charge in [-0.25, -0.2) is 14.6 Å². The molecule has 28 heavy (non-hydrogen) atoms. The largest absolute Gasteiger partial charge is 0.480 e. The first kappa shape index (κ1) is 21.9. The normalized spacial score (nSPS) is 13.1. The third-order valence-corrected chi connectivity index (χ3v) is 4.79. The van der Waals surface area contributed by atoms with Crippen LogP contribution in [0.2, 0.25) is 0 Å². The second kappa shape index (κ2) is 8.31. The lowest BCUT2D eigenvalue weighted by Gasteiger charge is -2.22. The van der Waals surface area contributed by atoms with E-state index in [1.807, 2.05) is 24.3 Å². The van der Waals surface area contributed by atoms with E-state index in [2.05, 4.69) is 31.5 Å². The highest BCUT2D eigenvalue weighted by Gasteiger charge is 2.24. The first-order chi connectivity index (χ1) is 12.8. The minimum absolute atomic E-state index is 0.00324. The second-order valence-corrected chi connectivity index (χ2v) is 9.58. The van der Waals surface area contributed by atoms with E-state index in [0.717, 1.165) is 21.8 Å². The van der Waals surface area contributed by atoms with Crippen molar-refractivity contribution >= 4 is 23.4 Å². The van der Waals surface area contributed by atoms with Gasteiger partial charge in [-0.1, -0.05) is 45.0 Å². The standard InChI is InChI=1S/C21H28N2O4S/c1-20(2,3)16-12-28-17(23-16)14-9-7-13(8-10-14)11-15(18(24)25)22-19(26)27-21(4,5)6/h7-10,12,15H,11H2,1-6H3,(H,22,26)(H,24,25). The summed E-state index contributed by atoms with van der Waals surface area (Å²) in [5.41, 5.74) is 2.14. The van der Waals surface area contributed by atoms with Crippen LogP contribution in [0.5, 0.6) is 0 Å². The van der Waals surface area contributed by atoms with Crippen molar-refractivity contribution in [3.63, 3.8) is 0 Å². The van der Waals surface area contributed by atoms with Crippen molar-refractivity contribution in [3.05, 3.63) is 40.9 Å². The molecule has 1 atom stereocenters. The Kier molecular flexibility index (Phi) is 6.49. The molecule has 0 bridgehead atoms. The number of nitrogens with zero attached hydrogens (tertiary/aromatic N) is 1. The number of thiazole rings is 1. The predicted molar refractivity (Wildman–Crippen MR) is 111 cm³/mol. The summed E-state index contributed by atoms with van der Waals surface area (Å²) in [6, 6.07) is 6.51. The first-order valence-corrected chi connectivity index (χ1v) is 10.0. The number of hydrogen-bond acceptors (Lipinski definition) is 5. The third kappa shape index (κ3) is 6.34. The molecule has 1 aromatic heterocycles. The maximum Gasteiger partial charge on any atom is 0.408 e. The number of carbonyl (C=O) groups excluding carboxylic acids is 1. The molecule has 1 heterocycles. The van der Waals surface area contributed by atoms with Crippen molar-refractivity contribution in [1.82, 2.24) is 10.3 Å². The summed E-state index contributed by atoms with van der Waals surface area (Å²) in [6.45, 7) is 11.6. The summed E-state index contributed by atoms with van der Waals surface area (Å²) in [5.74, 6) is -1.11. The fourth-order valence-corrected chi connectivity index (χ4v) is 3.47. The van der Waals surface area contributed by atoms with Gasteiger partial charge in [0.05, 0.1) is 5.69 Å². The lowest BCUT2D eigenvalue weighted by molar-refractivity contribution is -0.139. The summed E-state index contributed by atoms with van der Waals surface area (Å²) in [5, 5.41) is 14.8. The number of carboxylic acids is 1. The zero-order valence-electron chi connectivity index (χ0n) is 17.2. The van der Waals surface area contributed by atoms with E-state index in [1.54, 1.807) is 32.1 Å². The Labute approximate surface area is 170 Å². The van der Waals surface area contributed by atoms with Crippen LogP contribution in [0.15, 0.2) is 29.6 Å². The van der Waals surface area contributed by atoms with E-state index in [1.165, 1.54) is 0 Å². The Bertz CT molecular complexity index is 829. The van der Waals surface area contributed by atoms with E-state index < -0.39 is 23.7 Å². The van der Waals surface area contributed by atoms with Crippen molar-refractivity contribution in [2.24, 2.45) is 0 Å². The maximum absolute atomic E-state index is 11.9. The lowest BCUT2D eigenvalue weighted by Crippen LogP contribution is -2.44. The Morgan fingerprint density at radius 1 is 1.14 bits per heavy atom. The van der Waals surface area contributed by atoms with Gasteiger partial charge in [0.1, 0.15) is 16.7 Å². The van der Waals surface area contributed by atoms with E-state index in [-0.39, 0.29) is 11.8 Å². The van der Waals surface area contributed by atoms with Gasteiger partial charge in [-0.3, -0.25) is 0 Å². The van der Waals surface area contributed by atoms with Gasteiger partial charge < -0.3 is 15.2 Å². The van der Waals surface area contributed by atoms with Gasteiger partial charge in [0.2, 0.25) is 0 Å². The summed E-state index contributed by atoms with van der Waals surface area (Å²) in [6.07, 6.45) is -0.575. The molecular formula is C21H28N2O4S. The Morgan fingerprint density at radius 3 is 2.21 bits per heavy atom. The monoisotopic (exact) mass is 404 g/mol. The molecule has 6 nitrogen and oxygen atoms in total. The maximum atomic E-state index is 11.9. The fourth-order valence-electron chi connectivity index (χ4n) is 2.42. The third-order valence-electron chi connectivity index (χ3n) is 3.90. The number of ether oxygens (including phenoxy) is 1. The topological polar surface area (TPSA) is 88.5 Å². The minimum atomic E-state index is -1.11. The van der Waals surface area contributed by atoms with Gasteiger partial charge in [0, 0.05) is 22.8 Å². The highest BCUT2D eigenvalue weighted by atomic mass is 32.1. The van der Waals surface area contributed by atoms with E-state index in [0.29, 0.717) is 0 Å². The lowest BCUT2D eigenvalue weighted by atomic mass is 9.93. The van der Waals surface area contributed by atoms with Crippen molar-refractivity contribution in [1.29, 1.82) is 0 Å². The second-order valence-electron chi connectivity index (χ2n) is 8.73. The van der Waals surface area contributed by atoms with Gasteiger partial charge in [0.25, 0.3) is 0 Å². The van der Waals surface area contributed by atoms with E-state index in [9.17, 15) is 14.7 Å². The van der Waals surface area contributed by atoms with Gasteiger partial charge in [-0.2, -0.15) is 0 Å². The van der Waals surface area contributed by atoms with Crippen LogP contribution in [0.25, 0.3) is 10.6 Å². The van der Waals surface area contributed by atoms with Gasteiger partial charge in [-0.05, 0) is 26.3 Å². The number of aromatic nitrogens is 1. The molecule has 2 N–H and O–H groups in total. The average molecular weight is 405 g/mol. The molecule has 7 heteroatoms. The first-order valence-electron chi connectivity index (χ1n) is 9.13. The molecule has 2 aromatic rings. The van der Waals surface area contributed by atoms with Gasteiger partial charge >= 0.3 is 12.1 Å². The zero-order chi connectivity index (χ0) is 21.1. The average Bonchev–Trinajstić information content (AvgIpc) is 3.03. The number of benzene rings is 1. The van der Waals surface area contributed by atoms with Crippen LogP contribution in [0, 0.1) is 0 Å². The summed E-state index contributed by atoms with van der Waals surface area (Å²) in [4.78, 5) is 28.1. The molecule has 1 amide bonds. The molecule has 1 unspecified atom stereocenters. The molecule has 1 aromatic carbocycles. The summed E-state index contributed by atoms with van der Waals surface area (Å²) >= 11 is 1.59. The van der Waals surface area contributed by atoms with Gasteiger partial charge in [0.15, 0.2) is 0 Å². The number of rotatable bonds is 5. The van der Waals surface area contributed by atoms with Crippen LogP contribution >= 0.6 is 11.3 Å². The Balaban J connectivity index is 2.08. The van der Waals surface area contributed by atoms with E-state index >= 15 is 0 Å². The smallest absolute Gasteiger partial charge is 0.408 e. The highest BCUT2D eigenvalue weighted by Crippen LogP contribution is 2.29. The van der Waals surface area contributed by atoms with Crippen LogP contribution in [0.3, 0.4) is 0 Å². The Hall–Kier alpha value is -2.41. The molecule has 0 spiro atoms. The minimum Gasteiger partial charge on any atom is -0.480 e. The SMILES string of the molecule is CC(C)(C)OC(=O)NC(Cc1ccc(-c2nc(C(C)(C)C)cs2)cc1)C(=O)O. The van der Waals surface area contributed by atoms with Crippen LogP contribution in [0.1, 0.15) is 52.8 Å². The van der Waals surface area contributed by atoms with Crippen molar-refractivity contribution < 1.29 is 19.4 Å². The molecule has 0 aliphatic heterocycles. The molecule has 0 saturated carbocycles. The predicted octanol–water partition coefficient (Wildman–Crippen LogP) is 4.63. The molecule has 0 aliphatic rings. The summed E-state index contributed by atoms with van der Waals surface area (Å²) in [7, 11) is 0. The molecule has 0 aliphatic carbocycles. The Morgan fingerprint density at radius 2 is 1.75 bits per heavy atom. The molecule has 0 saturated heterocycles. The number of hydrogen-bond donors (Lipinski definition) is 2. The van der Waals surface area contributed by atoms with Crippen LogP contribution in [-0.4, -0.2) is 33.8 Å². The van der Waals surface area contributed by atoms with Crippen LogP contribution in [-0.2, 0) is 21.4 Å². The molecule has 152 valence electrons. The van der Waals surface area contributed by atoms with Gasteiger partial charge in [-0.15, -0.1) is 11.3 Å². The molecular weight excluding hydrogens is 376 g/mol. The fraction of sp³-hybridized carbons (Fsp3) is 0.476. The summed E-state index contributed by atoms with van der Waals surface area (Å²) < 4.78 is 5.14. The molecule has 0 radical (unpaired) electrons. The molecule has 2 rings (SSSR count). The van der Waals surface area contributed by atoms with Crippen LogP contribution in [0.4, 0.5) is 4.79 Å². The quantitative estimate of drug-likeness (QED) is 0.759. The number of carboxylic acid groups (broad SMARTS) is 1. The number of amides is 1. The van der Waals surface area contributed by atoms with Crippen molar-refractivity contribution in [2.75, 3.05) is 0 Å². The molecule has 0 fully saturated rings. The number of aliphatic carboxylic acids is 1. The highest BCUT2D eigenvalue weighted by molar-refractivity contribution is 7.13. The van der Waals surface area contributed by atoms with Crippen LogP contribution < -0.4 is 5.32 Å². The number of nitrogens with one attached hydrogen (secondary N) is 1. The number of alkyl carbamates (subject to hydrolysis) is 1. The van der Waals surface area contributed by atoms with Crippen molar-refractivity contribution in [2.45, 2.75) is 65.0 Å². The number of carbonyl (C=O) groups is 2. The zero-order valence-corrected chi connectivity index (χ0v) is 18.0. The van der Waals surface area contributed by atoms with E-state index in [4.69, 9.17) is 9.72 Å².